The Morgan fingerprint density at radius 2 is 1.53 bits per heavy atom. The highest BCUT2D eigenvalue weighted by molar-refractivity contribution is 7.86. The maximum Gasteiger partial charge on any atom is 0.303 e. The van der Waals surface area contributed by atoms with Crippen LogP contribution >= 0.6 is 0 Å². The summed E-state index contributed by atoms with van der Waals surface area (Å²) in [5.41, 5.74) is 9.29. The number of carbonyl (C=O) groups excluding carboxylic acids is 3. The molecule has 1 aliphatic heterocycles. The summed E-state index contributed by atoms with van der Waals surface area (Å²) in [6, 6.07) is 5.89. The Kier molecular flexibility index (Phi) is 10.6. The number of hydrogen-bond acceptors (Lipinski definition) is 12. The third-order valence-corrected chi connectivity index (χ3v) is 6.03. The number of azide groups is 1. The van der Waals surface area contributed by atoms with Crippen LogP contribution in [0.2, 0.25) is 0 Å². The van der Waals surface area contributed by atoms with Gasteiger partial charge in [0.1, 0.15) is 6.10 Å². The minimum absolute atomic E-state index is 0.113. The fourth-order valence-electron chi connectivity index (χ4n) is 3.31. The SMILES string of the molecule is CC(=O)O[C@@H]1[C@H](OC(C)=O)[C@@H](OCCN=[N+]=[N-])O[C@H](COS(=O)(=O)c2ccc(C)cc2)[C@H]1OC(C)=O. The molecule has 0 bridgehead atoms. The smallest absolute Gasteiger partial charge is 0.303 e. The van der Waals surface area contributed by atoms with Gasteiger partial charge in [0.15, 0.2) is 24.6 Å². The molecule has 1 fully saturated rings. The third-order valence-electron chi connectivity index (χ3n) is 4.73. The van der Waals surface area contributed by atoms with Gasteiger partial charge in [-0.2, -0.15) is 8.42 Å². The first-order valence-electron chi connectivity index (χ1n) is 10.7. The van der Waals surface area contributed by atoms with Crippen LogP contribution in [0.1, 0.15) is 26.3 Å². The Morgan fingerprint density at radius 3 is 2.08 bits per heavy atom. The van der Waals surface area contributed by atoms with Gasteiger partial charge in [0, 0.05) is 32.2 Å². The van der Waals surface area contributed by atoms with E-state index in [1.165, 1.54) is 12.1 Å². The maximum atomic E-state index is 12.7. The van der Waals surface area contributed by atoms with Gasteiger partial charge in [-0.05, 0) is 24.6 Å². The quantitative estimate of drug-likeness (QED) is 0.0768. The molecule has 1 heterocycles. The predicted molar refractivity (Wildman–Crippen MR) is 120 cm³/mol. The van der Waals surface area contributed by atoms with E-state index >= 15 is 0 Å². The maximum absolute atomic E-state index is 12.7. The molecule has 1 saturated heterocycles. The summed E-state index contributed by atoms with van der Waals surface area (Å²) in [6.07, 6.45) is -7.04. The van der Waals surface area contributed by atoms with Gasteiger partial charge in [0.25, 0.3) is 10.1 Å². The third kappa shape index (κ3) is 8.46. The van der Waals surface area contributed by atoms with Crippen molar-refractivity contribution in [2.24, 2.45) is 5.11 Å². The van der Waals surface area contributed by atoms with Crippen LogP contribution in [0.4, 0.5) is 0 Å². The second-order valence-electron chi connectivity index (χ2n) is 7.64. The number of carbonyl (C=O) groups is 3. The molecule has 198 valence electrons. The van der Waals surface area contributed by atoms with Crippen molar-refractivity contribution in [1.29, 1.82) is 0 Å². The van der Waals surface area contributed by atoms with Crippen LogP contribution in [0.5, 0.6) is 0 Å². The Labute approximate surface area is 207 Å². The molecular formula is C21H27N3O11S. The minimum atomic E-state index is -4.25. The highest BCUT2D eigenvalue weighted by Gasteiger charge is 2.52. The molecule has 15 heteroatoms. The van der Waals surface area contributed by atoms with E-state index in [2.05, 4.69) is 10.0 Å². The van der Waals surface area contributed by atoms with E-state index in [1.807, 2.05) is 0 Å². The van der Waals surface area contributed by atoms with Crippen molar-refractivity contribution < 1.29 is 50.7 Å². The normalized spacial score (nSPS) is 23.7. The lowest BCUT2D eigenvalue weighted by atomic mass is 9.98. The first-order chi connectivity index (χ1) is 16.9. The van der Waals surface area contributed by atoms with Gasteiger partial charge in [-0.15, -0.1) is 0 Å². The summed E-state index contributed by atoms with van der Waals surface area (Å²) in [5, 5.41) is 3.32. The lowest BCUT2D eigenvalue weighted by molar-refractivity contribution is -0.306. The Balaban J connectivity index is 2.38. The number of benzene rings is 1. The zero-order valence-electron chi connectivity index (χ0n) is 20.1. The van der Waals surface area contributed by atoms with Crippen molar-refractivity contribution in [3.8, 4) is 0 Å². The molecule has 1 aromatic rings. The van der Waals surface area contributed by atoms with Gasteiger partial charge in [-0.3, -0.25) is 18.6 Å². The van der Waals surface area contributed by atoms with E-state index in [9.17, 15) is 22.8 Å². The molecule has 0 unspecified atom stereocenters. The van der Waals surface area contributed by atoms with E-state index in [1.54, 1.807) is 19.1 Å². The molecule has 1 aliphatic rings. The average molecular weight is 530 g/mol. The molecule has 0 aliphatic carbocycles. The molecule has 5 atom stereocenters. The van der Waals surface area contributed by atoms with Gasteiger partial charge >= 0.3 is 17.9 Å². The van der Waals surface area contributed by atoms with Gasteiger partial charge in [0.2, 0.25) is 0 Å². The van der Waals surface area contributed by atoms with Crippen LogP contribution in [-0.4, -0.2) is 76.8 Å². The second kappa shape index (κ2) is 13.2. The lowest BCUT2D eigenvalue weighted by Gasteiger charge is -2.44. The molecule has 0 amide bonds. The van der Waals surface area contributed by atoms with Crippen LogP contribution in [0, 0.1) is 6.92 Å². The van der Waals surface area contributed by atoms with Crippen molar-refractivity contribution in [3.05, 3.63) is 40.3 Å². The fraction of sp³-hybridized carbons (Fsp3) is 0.571. The van der Waals surface area contributed by atoms with Crippen molar-refractivity contribution in [2.45, 2.75) is 63.3 Å². The number of esters is 3. The molecule has 0 N–H and O–H groups in total. The van der Waals surface area contributed by atoms with Crippen LogP contribution in [0.3, 0.4) is 0 Å². The van der Waals surface area contributed by atoms with Crippen molar-refractivity contribution in [1.82, 2.24) is 0 Å². The van der Waals surface area contributed by atoms with Crippen LogP contribution < -0.4 is 0 Å². The zero-order chi connectivity index (χ0) is 26.9. The largest absolute Gasteiger partial charge is 0.456 e. The van der Waals surface area contributed by atoms with Crippen LogP contribution in [0.15, 0.2) is 34.3 Å². The van der Waals surface area contributed by atoms with Crippen LogP contribution in [-0.2, 0) is 52.4 Å². The lowest BCUT2D eigenvalue weighted by Crippen LogP contribution is -2.63. The molecule has 36 heavy (non-hydrogen) atoms. The van der Waals surface area contributed by atoms with Crippen molar-refractivity contribution >= 4 is 28.0 Å². The monoisotopic (exact) mass is 529 g/mol. The van der Waals surface area contributed by atoms with Gasteiger partial charge in [-0.1, -0.05) is 22.8 Å². The van der Waals surface area contributed by atoms with Gasteiger partial charge < -0.3 is 23.7 Å². The average Bonchev–Trinajstić information content (AvgIpc) is 2.78. The molecule has 0 aromatic heterocycles. The molecule has 14 nitrogen and oxygen atoms in total. The molecule has 1 aromatic carbocycles. The van der Waals surface area contributed by atoms with Crippen molar-refractivity contribution in [3.63, 3.8) is 0 Å². The summed E-state index contributed by atoms with van der Waals surface area (Å²) < 4.78 is 57.6. The summed E-state index contributed by atoms with van der Waals surface area (Å²) in [7, 11) is -4.25. The minimum Gasteiger partial charge on any atom is -0.456 e. The Morgan fingerprint density at radius 1 is 0.972 bits per heavy atom. The summed E-state index contributed by atoms with van der Waals surface area (Å²) in [5.74, 6) is -2.41. The van der Waals surface area contributed by atoms with Crippen LogP contribution in [0.25, 0.3) is 10.4 Å². The molecule has 0 radical (unpaired) electrons. The fourth-order valence-corrected chi connectivity index (χ4v) is 4.23. The number of ether oxygens (including phenoxy) is 5. The number of nitrogens with zero attached hydrogens (tertiary/aromatic N) is 3. The summed E-state index contributed by atoms with van der Waals surface area (Å²) >= 11 is 0. The highest BCUT2D eigenvalue weighted by Crippen LogP contribution is 2.30. The molecule has 0 spiro atoms. The van der Waals surface area contributed by atoms with Gasteiger partial charge in [-0.25, -0.2) is 0 Å². The first kappa shape index (κ1) is 29.0. The topological polar surface area (TPSA) is 189 Å². The van der Waals surface area contributed by atoms with E-state index in [0.29, 0.717) is 0 Å². The molecule has 0 saturated carbocycles. The highest BCUT2D eigenvalue weighted by atomic mass is 32.2. The zero-order valence-corrected chi connectivity index (χ0v) is 20.9. The standard InChI is InChI=1S/C21H27N3O11S/c1-12-5-7-16(8-6-12)36(28,29)31-11-17-18(32-13(2)25)19(33-14(3)26)20(34-15(4)27)21(35-17)30-10-9-23-24-22/h5-8,17-21H,9-11H2,1-4H3/t17-,18-,19+,20+,21+/m1/s1. The molecule has 2 rings (SSSR count). The molecular weight excluding hydrogens is 502 g/mol. The Bertz CT molecular complexity index is 1090. The number of hydrogen-bond donors (Lipinski definition) is 0. The number of aryl methyl sites for hydroxylation is 1. The van der Waals surface area contributed by atoms with E-state index < -0.39 is 65.3 Å². The van der Waals surface area contributed by atoms with E-state index in [4.69, 9.17) is 33.4 Å². The number of rotatable bonds is 11. The van der Waals surface area contributed by atoms with E-state index in [0.717, 1.165) is 26.3 Å². The summed E-state index contributed by atoms with van der Waals surface area (Å²) in [6.45, 7) is 4.06. The second-order valence-corrected chi connectivity index (χ2v) is 9.26. The first-order valence-corrected chi connectivity index (χ1v) is 12.1. The van der Waals surface area contributed by atoms with E-state index in [-0.39, 0.29) is 18.0 Å². The van der Waals surface area contributed by atoms with Crippen molar-refractivity contribution in [2.75, 3.05) is 19.8 Å². The van der Waals surface area contributed by atoms with Gasteiger partial charge in [0.05, 0.1) is 18.1 Å². The predicted octanol–water partition coefficient (Wildman–Crippen LogP) is 1.55. The Hall–Kier alpha value is -3.23. The summed E-state index contributed by atoms with van der Waals surface area (Å²) in [4.78, 5) is 37.9.